The minimum atomic E-state index is -0.284. The normalized spacial score (nSPS) is 13.9. The molecule has 6 aliphatic rings. The summed E-state index contributed by atoms with van der Waals surface area (Å²) in [5.74, 6) is 1.07. The first-order valence-electron chi connectivity index (χ1n) is 46.2. The molecule has 0 fully saturated rings. The van der Waals surface area contributed by atoms with Crippen LogP contribution in [0, 0.1) is 27.7 Å². The number of hydrogen-bond donors (Lipinski definition) is 0. The smallest absolute Gasteiger partial charge is 0.0622 e. The third kappa shape index (κ3) is 10.4. The van der Waals surface area contributed by atoms with Gasteiger partial charge in [-0.25, -0.2) is 0 Å². The Morgan fingerprint density at radius 1 is 0.163 bits per heavy atom. The molecule has 0 heterocycles. The van der Waals surface area contributed by atoms with E-state index in [4.69, 9.17) is 0 Å². The summed E-state index contributed by atoms with van der Waals surface area (Å²) in [6.45, 7) is 18.1. The molecule has 6 aliphatic carbocycles. The molecule has 28 rings (SSSR count). The van der Waals surface area contributed by atoms with Gasteiger partial charge in [-0.05, 0) is 400 Å². The van der Waals surface area contributed by atoms with E-state index in [1.54, 1.807) is 0 Å². The first-order chi connectivity index (χ1) is 63.2. The van der Waals surface area contributed by atoms with Gasteiger partial charge in [0.25, 0.3) is 0 Å². The minimum absolute atomic E-state index is 0.128. The predicted molar refractivity (Wildman–Crippen MR) is 546 cm³/mol. The fraction of sp³-hybridized carbons (Fsp3) is 0.101. The summed E-state index contributed by atoms with van der Waals surface area (Å²) in [6.07, 6.45) is 0. The molecule has 0 saturated carbocycles. The number of hydrogen-bond acceptors (Lipinski definition) is 0. The maximum atomic E-state index is 2.51. The molecule has 22 aromatic rings. The van der Waals surface area contributed by atoms with E-state index in [1.807, 2.05) is 0 Å². The molecule has 0 amide bonds. The average Bonchev–Trinajstić information content (AvgIpc) is 0.652. The van der Waals surface area contributed by atoms with Crippen LogP contribution < -0.4 is 0 Å². The lowest BCUT2D eigenvalue weighted by Crippen LogP contribution is -2.44. The molecule has 0 aliphatic heterocycles. The molecule has 0 N–H and O–H groups in total. The largest absolute Gasteiger partial charge is 0.0726 e. The number of fused-ring (bicyclic) bond motifs is 14. The first kappa shape index (κ1) is 75.3. The lowest BCUT2D eigenvalue weighted by molar-refractivity contribution is 0.701. The van der Waals surface area contributed by atoms with Crippen molar-refractivity contribution in [1.82, 2.24) is 0 Å². The van der Waals surface area contributed by atoms with E-state index in [9.17, 15) is 0 Å². The van der Waals surface area contributed by atoms with Gasteiger partial charge in [0, 0.05) is 0 Å². The summed E-state index contributed by atoms with van der Waals surface area (Å²) in [7, 11) is 0. The van der Waals surface area contributed by atoms with Crippen LogP contribution in [-0.2, 0) is 16.2 Å². The van der Waals surface area contributed by atoms with Crippen LogP contribution in [0.15, 0.2) is 400 Å². The Bertz CT molecular complexity index is 8220. The number of rotatable bonds is 10. The summed E-state index contributed by atoms with van der Waals surface area (Å²) >= 11 is 0. The Hall–Kier alpha value is -15.1. The average molecular weight is 1640 g/mol. The van der Waals surface area contributed by atoms with Gasteiger partial charge in [-0.3, -0.25) is 0 Å². The Balaban J connectivity index is 0.000000102. The first-order valence-corrected chi connectivity index (χ1v) is 46.2. The van der Waals surface area contributed by atoms with Crippen molar-refractivity contribution in [3.8, 4) is 89.0 Å². The van der Waals surface area contributed by atoms with Crippen LogP contribution >= 0.6 is 0 Å². The van der Waals surface area contributed by atoms with Crippen LogP contribution in [0.5, 0.6) is 0 Å². The lowest BCUT2D eigenvalue weighted by atomic mass is 9.48. The van der Waals surface area contributed by atoms with Gasteiger partial charge in [0.2, 0.25) is 0 Å². The van der Waals surface area contributed by atoms with Gasteiger partial charge >= 0.3 is 0 Å². The lowest BCUT2D eigenvalue weighted by Gasteiger charge is -2.53. The van der Waals surface area contributed by atoms with Crippen LogP contribution in [0.4, 0.5) is 0 Å². The molecule has 0 radical (unpaired) electrons. The van der Waals surface area contributed by atoms with Crippen LogP contribution in [-0.4, -0.2) is 0 Å². The Labute approximate surface area is 753 Å². The standard InChI is InChI=1S/C47H32.C41H24.C41H36/c1-29-13-9-11-19-39(29)35-23-37-21-33(31-15-5-3-6-16-31)25-41-45(37)43(27-35)47(41)42-26-34(32-17-7-4-8-18-32)22-38-24-36(28-44(47)46(38)42)40-20-12-10-14-30(40)2;1-2-11-25(12-3-1)37-29-16-4-6-18-31(29)38(32-19-7-5-17-30(32)37)28-23-27-15-10-22-35-40(27)36(24-28)41(35)33-20-8-13-26-14-9-21-34(41)39(26)33;1-23(2)27-13-15-33(25(5)17-27)31-19-29-9-7-11-35-39(29)37(21-31)41(35)36-12-8-10-30-20-32(22-38(41)40(30)36)34-16-14-28(24(3)4)18-26(34)6/h3-28H,1-2H3;1-24H;7-24H,1-6H3. The van der Waals surface area contributed by atoms with Crippen molar-refractivity contribution in [2.45, 2.75) is 83.5 Å². The van der Waals surface area contributed by atoms with E-state index in [0.717, 1.165) is 0 Å². The Morgan fingerprint density at radius 3 is 0.775 bits per heavy atom. The van der Waals surface area contributed by atoms with Gasteiger partial charge < -0.3 is 0 Å². The van der Waals surface area contributed by atoms with E-state index in [1.165, 1.54) is 275 Å². The topological polar surface area (TPSA) is 0 Å². The van der Waals surface area contributed by atoms with E-state index in [2.05, 4.69) is 456 Å². The molecule has 0 unspecified atom stereocenters. The van der Waals surface area contributed by atoms with E-state index in [0.29, 0.717) is 11.8 Å². The molecule has 0 atom stereocenters. The third-order valence-corrected chi connectivity index (χ3v) is 30.6. The molecule has 0 aromatic heterocycles. The van der Waals surface area contributed by atoms with Gasteiger partial charge in [0.15, 0.2) is 0 Å². The van der Waals surface area contributed by atoms with Crippen molar-refractivity contribution in [3.63, 3.8) is 0 Å². The Morgan fingerprint density at radius 2 is 0.419 bits per heavy atom. The molecule has 0 saturated heterocycles. The Kier molecular flexibility index (Phi) is 16.3. The van der Waals surface area contributed by atoms with Gasteiger partial charge in [0.1, 0.15) is 0 Å². The van der Waals surface area contributed by atoms with Crippen molar-refractivity contribution < 1.29 is 0 Å². The van der Waals surface area contributed by atoms with Gasteiger partial charge in [-0.1, -0.05) is 343 Å². The molecule has 0 nitrogen and oxygen atoms in total. The van der Waals surface area contributed by atoms with Crippen molar-refractivity contribution in [2.75, 3.05) is 0 Å². The zero-order chi connectivity index (χ0) is 86.2. The fourth-order valence-electron chi connectivity index (χ4n) is 24.8. The maximum absolute atomic E-state index is 2.51. The number of aryl methyl sites for hydroxylation is 4. The zero-order valence-electron chi connectivity index (χ0n) is 73.8. The highest BCUT2D eigenvalue weighted by Crippen LogP contribution is 2.70. The van der Waals surface area contributed by atoms with Crippen LogP contribution in [0.3, 0.4) is 0 Å². The molecule has 608 valence electrons. The van der Waals surface area contributed by atoms with Gasteiger partial charge in [0.05, 0.1) is 16.2 Å². The van der Waals surface area contributed by atoms with E-state index >= 15 is 0 Å². The second-order valence-electron chi connectivity index (χ2n) is 38.1. The molecule has 0 heteroatoms. The van der Waals surface area contributed by atoms with Crippen LogP contribution in [0.25, 0.3) is 175 Å². The quantitative estimate of drug-likeness (QED) is 0.120. The summed E-state index contributed by atoms with van der Waals surface area (Å²) in [6, 6.07) is 151. The van der Waals surface area contributed by atoms with Crippen molar-refractivity contribution in [3.05, 3.63) is 501 Å². The van der Waals surface area contributed by atoms with Gasteiger partial charge in [-0.2, -0.15) is 0 Å². The SMILES string of the molecule is Cc1cc(C(C)C)ccc1-c1cc2c3c(cccc3c1)C21c2cccc3cc(-c4ccc(C(C)C)cc4C)cc1c23.Cc1ccccc1-c1cc2c3c(cc(-c4ccccc4)cc3c1)C21c2cc(-c3ccccc3)cc3cc(-c4ccccc4C)cc1c23.c1ccc(-c2c3ccccc3c(-c3cc4c5c(cccc5c3)C43c4cccc5cccc3c45)c3ccccc23)cc1. The van der Waals surface area contributed by atoms with Crippen LogP contribution in [0.1, 0.15) is 140 Å². The maximum Gasteiger partial charge on any atom is 0.0726 e. The molecule has 0 bridgehead atoms. The summed E-state index contributed by atoms with van der Waals surface area (Å²) < 4.78 is 0. The molecular formula is C129H92. The second kappa shape index (κ2) is 28.0. The van der Waals surface area contributed by atoms with Crippen LogP contribution in [0.2, 0.25) is 0 Å². The summed E-state index contributed by atoms with van der Waals surface area (Å²) in [5.41, 5.74) is 45.8. The summed E-state index contributed by atoms with van der Waals surface area (Å²) in [4.78, 5) is 0. The van der Waals surface area contributed by atoms with Crippen molar-refractivity contribution in [1.29, 1.82) is 0 Å². The van der Waals surface area contributed by atoms with Crippen molar-refractivity contribution >= 4 is 86.2 Å². The monoisotopic (exact) mass is 1640 g/mol. The third-order valence-electron chi connectivity index (χ3n) is 30.6. The highest BCUT2D eigenvalue weighted by molar-refractivity contribution is 6.24. The molecular weight excluding hydrogens is 1550 g/mol. The molecule has 3 spiro atoms. The minimum Gasteiger partial charge on any atom is -0.0622 e. The highest BCUT2D eigenvalue weighted by Gasteiger charge is 2.58. The number of benzene rings is 22. The highest BCUT2D eigenvalue weighted by atomic mass is 14.6. The van der Waals surface area contributed by atoms with Gasteiger partial charge in [-0.15, -0.1) is 0 Å². The fourth-order valence-corrected chi connectivity index (χ4v) is 24.8. The molecule has 129 heavy (non-hydrogen) atoms. The second-order valence-corrected chi connectivity index (χ2v) is 38.1. The van der Waals surface area contributed by atoms with E-state index in [-0.39, 0.29) is 16.2 Å². The predicted octanol–water partition coefficient (Wildman–Crippen LogP) is 34.1. The zero-order valence-corrected chi connectivity index (χ0v) is 73.8. The summed E-state index contributed by atoms with van der Waals surface area (Å²) in [5, 5.41) is 21.8. The van der Waals surface area contributed by atoms with E-state index < -0.39 is 0 Å². The van der Waals surface area contributed by atoms with Crippen molar-refractivity contribution in [2.24, 2.45) is 0 Å². The molecule has 22 aromatic carbocycles.